The van der Waals surface area contributed by atoms with Gasteiger partial charge in [-0.15, -0.1) is 0 Å². The van der Waals surface area contributed by atoms with Gasteiger partial charge in [-0.25, -0.2) is 0 Å². The third-order valence-corrected chi connectivity index (χ3v) is 2.41. The molecule has 0 aromatic carbocycles. The minimum Gasteiger partial charge on any atom is -0.330 e. The third-order valence-electron chi connectivity index (χ3n) is 2.41. The van der Waals surface area contributed by atoms with E-state index in [9.17, 15) is 0 Å². The first kappa shape index (κ1) is 8.02. The van der Waals surface area contributed by atoms with Crippen LogP contribution < -0.4 is 5.73 Å². The van der Waals surface area contributed by atoms with Gasteiger partial charge in [-0.05, 0) is 32.4 Å². The van der Waals surface area contributed by atoms with Crippen LogP contribution in [-0.2, 0) is 0 Å². The molecule has 1 saturated heterocycles. The van der Waals surface area contributed by atoms with Gasteiger partial charge in [0.2, 0.25) is 0 Å². The molecule has 0 bridgehead atoms. The molecule has 2 N–H and O–H groups in total. The van der Waals surface area contributed by atoms with Crippen molar-refractivity contribution in [3.63, 3.8) is 0 Å². The molecular formula is C8H18N2. The molecule has 10 heavy (non-hydrogen) atoms. The largest absolute Gasteiger partial charge is 0.330 e. The van der Waals surface area contributed by atoms with Crippen LogP contribution in [0.5, 0.6) is 0 Å². The van der Waals surface area contributed by atoms with Gasteiger partial charge in [-0.2, -0.15) is 0 Å². The molecule has 2 nitrogen and oxygen atoms in total. The van der Waals surface area contributed by atoms with Crippen molar-refractivity contribution in [2.75, 3.05) is 19.6 Å². The number of hydrogen-bond donors (Lipinski definition) is 1. The van der Waals surface area contributed by atoms with E-state index in [0.29, 0.717) is 5.92 Å². The second kappa shape index (κ2) is 3.35. The third kappa shape index (κ3) is 1.70. The topological polar surface area (TPSA) is 29.3 Å². The van der Waals surface area contributed by atoms with E-state index in [1.807, 2.05) is 0 Å². The lowest BCUT2D eigenvalue weighted by atomic mass is 10.0. The van der Waals surface area contributed by atoms with Crippen LogP contribution in [0.3, 0.4) is 0 Å². The van der Waals surface area contributed by atoms with Crippen LogP contribution in [0.1, 0.15) is 20.3 Å². The van der Waals surface area contributed by atoms with Crippen molar-refractivity contribution in [3.05, 3.63) is 0 Å². The molecule has 2 unspecified atom stereocenters. The first-order valence-electron chi connectivity index (χ1n) is 4.18. The molecule has 1 rings (SSSR count). The van der Waals surface area contributed by atoms with Crippen molar-refractivity contribution in [2.24, 2.45) is 11.7 Å². The number of rotatable bonds is 3. The molecule has 0 radical (unpaired) electrons. The summed E-state index contributed by atoms with van der Waals surface area (Å²) in [5.41, 5.74) is 5.52. The molecule has 1 aliphatic heterocycles. The Morgan fingerprint density at radius 3 is 2.70 bits per heavy atom. The molecule has 0 amide bonds. The lowest BCUT2D eigenvalue weighted by Crippen LogP contribution is -2.48. The maximum Gasteiger partial charge on any atom is 0.00792 e. The van der Waals surface area contributed by atoms with Gasteiger partial charge in [0.1, 0.15) is 0 Å². The summed E-state index contributed by atoms with van der Waals surface area (Å²) < 4.78 is 0. The molecule has 0 aromatic heterocycles. The molecule has 1 heterocycles. The fourth-order valence-corrected chi connectivity index (χ4v) is 1.32. The minimum absolute atomic E-state index is 0.669. The fraction of sp³-hybridized carbons (Fsp3) is 1.00. The Bertz CT molecular complexity index is 103. The predicted octanol–water partition coefficient (Wildman–Crippen LogP) is 0.675. The normalized spacial score (nSPS) is 29.7. The van der Waals surface area contributed by atoms with Gasteiger partial charge in [0.25, 0.3) is 0 Å². The molecule has 0 saturated carbocycles. The van der Waals surface area contributed by atoms with Crippen molar-refractivity contribution in [1.29, 1.82) is 0 Å². The van der Waals surface area contributed by atoms with Crippen LogP contribution >= 0.6 is 0 Å². The summed E-state index contributed by atoms with van der Waals surface area (Å²) in [4.78, 5) is 2.50. The van der Waals surface area contributed by atoms with E-state index in [1.165, 1.54) is 19.5 Å². The van der Waals surface area contributed by atoms with Gasteiger partial charge in [0.15, 0.2) is 0 Å². The Hall–Kier alpha value is -0.0800. The first-order chi connectivity index (χ1) is 4.74. The van der Waals surface area contributed by atoms with E-state index in [1.54, 1.807) is 0 Å². The van der Waals surface area contributed by atoms with Gasteiger partial charge in [-0.3, -0.25) is 0 Å². The first-order valence-corrected chi connectivity index (χ1v) is 4.18. The fourth-order valence-electron chi connectivity index (χ4n) is 1.32. The Balaban J connectivity index is 2.12. The van der Waals surface area contributed by atoms with Crippen molar-refractivity contribution in [1.82, 2.24) is 4.90 Å². The van der Waals surface area contributed by atoms with Crippen LogP contribution in [0, 0.1) is 5.92 Å². The zero-order valence-corrected chi connectivity index (χ0v) is 7.01. The molecular weight excluding hydrogens is 124 g/mol. The van der Waals surface area contributed by atoms with Crippen molar-refractivity contribution in [3.8, 4) is 0 Å². The van der Waals surface area contributed by atoms with Crippen LogP contribution in [-0.4, -0.2) is 30.6 Å². The van der Waals surface area contributed by atoms with Crippen molar-refractivity contribution >= 4 is 0 Å². The van der Waals surface area contributed by atoms with Gasteiger partial charge in [-0.1, -0.05) is 6.92 Å². The molecule has 1 fully saturated rings. The Kier molecular flexibility index (Phi) is 2.69. The minimum atomic E-state index is 0.669. The summed E-state index contributed by atoms with van der Waals surface area (Å²) in [5.74, 6) is 0.669. The summed E-state index contributed by atoms with van der Waals surface area (Å²) in [7, 11) is 0. The van der Waals surface area contributed by atoms with Crippen LogP contribution in [0.15, 0.2) is 0 Å². The van der Waals surface area contributed by atoms with Gasteiger partial charge in [0, 0.05) is 12.6 Å². The molecule has 1 aliphatic rings. The second-order valence-corrected chi connectivity index (χ2v) is 3.47. The molecule has 2 heteroatoms. The summed E-state index contributed by atoms with van der Waals surface area (Å²) in [6, 6.07) is 0.814. The number of nitrogens with two attached hydrogens (primary N) is 1. The molecule has 0 aromatic rings. The monoisotopic (exact) mass is 142 g/mol. The lowest BCUT2D eigenvalue weighted by molar-refractivity contribution is 0.0883. The van der Waals surface area contributed by atoms with Gasteiger partial charge < -0.3 is 10.6 Å². The average molecular weight is 142 g/mol. The van der Waals surface area contributed by atoms with Gasteiger partial charge in [0.05, 0.1) is 0 Å². The van der Waals surface area contributed by atoms with Crippen molar-refractivity contribution < 1.29 is 0 Å². The summed E-state index contributed by atoms with van der Waals surface area (Å²) in [6.45, 7) is 7.80. The quantitative estimate of drug-likeness (QED) is 0.627. The SMILES string of the molecule is CC(CN)CN1CCC1C. The lowest BCUT2D eigenvalue weighted by Gasteiger charge is -2.40. The van der Waals surface area contributed by atoms with E-state index in [4.69, 9.17) is 5.73 Å². The number of likely N-dealkylation sites (tertiary alicyclic amines) is 1. The number of hydrogen-bond acceptors (Lipinski definition) is 2. The summed E-state index contributed by atoms with van der Waals surface area (Å²) >= 11 is 0. The van der Waals surface area contributed by atoms with E-state index in [2.05, 4.69) is 18.7 Å². The molecule has 2 atom stereocenters. The molecule has 0 spiro atoms. The zero-order valence-electron chi connectivity index (χ0n) is 7.01. The smallest absolute Gasteiger partial charge is 0.00792 e. The Morgan fingerprint density at radius 1 is 1.70 bits per heavy atom. The highest BCUT2D eigenvalue weighted by Gasteiger charge is 2.23. The van der Waals surface area contributed by atoms with E-state index in [0.717, 1.165) is 12.6 Å². The Labute approximate surface area is 63.4 Å². The zero-order chi connectivity index (χ0) is 7.56. The standard InChI is InChI=1S/C8H18N2/c1-7(5-9)6-10-4-3-8(10)2/h7-8H,3-6,9H2,1-2H3. The highest BCUT2D eigenvalue weighted by Crippen LogP contribution is 2.17. The average Bonchev–Trinajstić information content (AvgIpc) is 1.96. The molecule has 0 aliphatic carbocycles. The van der Waals surface area contributed by atoms with E-state index >= 15 is 0 Å². The van der Waals surface area contributed by atoms with Crippen LogP contribution in [0.25, 0.3) is 0 Å². The van der Waals surface area contributed by atoms with Crippen molar-refractivity contribution in [2.45, 2.75) is 26.3 Å². The highest BCUT2D eigenvalue weighted by molar-refractivity contribution is 4.79. The van der Waals surface area contributed by atoms with Crippen LogP contribution in [0.4, 0.5) is 0 Å². The highest BCUT2D eigenvalue weighted by atomic mass is 15.2. The second-order valence-electron chi connectivity index (χ2n) is 3.47. The van der Waals surface area contributed by atoms with E-state index < -0.39 is 0 Å². The number of nitrogens with zero attached hydrogens (tertiary/aromatic N) is 1. The van der Waals surface area contributed by atoms with E-state index in [-0.39, 0.29) is 0 Å². The van der Waals surface area contributed by atoms with Gasteiger partial charge >= 0.3 is 0 Å². The molecule has 60 valence electrons. The Morgan fingerprint density at radius 2 is 2.40 bits per heavy atom. The van der Waals surface area contributed by atoms with Crippen LogP contribution in [0.2, 0.25) is 0 Å². The summed E-state index contributed by atoms with van der Waals surface area (Å²) in [5, 5.41) is 0. The maximum absolute atomic E-state index is 5.52. The maximum atomic E-state index is 5.52. The summed E-state index contributed by atoms with van der Waals surface area (Å²) in [6.07, 6.45) is 1.37. The predicted molar refractivity (Wildman–Crippen MR) is 43.9 cm³/mol.